The summed E-state index contributed by atoms with van der Waals surface area (Å²) in [7, 11) is 0. The summed E-state index contributed by atoms with van der Waals surface area (Å²) < 4.78 is 6.01. The molecule has 0 unspecified atom stereocenters. The Morgan fingerprint density at radius 3 is 2.32 bits per heavy atom. The molecule has 112 valence electrons. The number of hydrogen-bond acceptors (Lipinski definition) is 3. The number of hydrogen-bond donors (Lipinski definition) is 2. The topological polar surface area (TPSA) is 50.4 Å². The highest BCUT2D eigenvalue weighted by Gasteiger charge is 2.45. The van der Waals surface area contributed by atoms with Crippen molar-refractivity contribution in [2.45, 2.75) is 84.1 Å². The van der Waals surface area contributed by atoms with Crippen LogP contribution in [0.1, 0.15) is 61.3 Å². The van der Waals surface area contributed by atoms with Gasteiger partial charge in [0.2, 0.25) is 5.91 Å². The summed E-state index contributed by atoms with van der Waals surface area (Å²) >= 11 is 0. The number of carbonyl (C=O) groups excluding carboxylic acids is 1. The maximum atomic E-state index is 11.9. The van der Waals surface area contributed by atoms with Gasteiger partial charge in [0.05, 0.1) is 17.7 Å². The molecule has 1 aliphatic rings. The van der Waals surface area contributed by atoms with E-state index in [1.165, 1.54) is 0 Å². The van der Waals surface area contributed by atoms with Gasteiger partial charge in [-0.3, -0.25) is 4.79 Å². The highest BCUT2D eigenvalue weighted by molar-refractivity contribution is 5.78. The molecule has 1 rings (SSSR count). The van der Waals surface area contributed by atoms with E-state index < -0.39 is 0 Å². The molecule has 0 bridgehead atoms. The summed E-state index contributed by atoms with van der Waals surface area (Å²) in [6.07, 6.45) is 1.84. The van der Waals surface area contributed by atoms with Crippen LogP contribution in [0.5, 0.6) is 0 Å². The molecule has 4 nitrogen and oxygen atoms in total. The summed E-state index contributed by atoms with van der Waals surface area (Å²) in [5, 5.41) is 6.37. The molecule has 2 N–H and O–H groups in total. The Bertz CT molecular complexity index is 335. The van der Waals surface area contributed by atoms with E-state index >= 15 is 0 Å². The van der Waals surface area contributed by atoms with Crippen molar-refractivity contribution in [1.29, 1.82) is 0 Å². The first kappa shape index (κ1) is 16.4. The van der Waals surface area contributed by atoms with Crippen molar-refractivity contribution in [3.63, 3.8) is 0 Å². The summed E-state index contributed by atoms with van der Waals surface area (Å²) in [4.78, 5) is 11.9. The van der Waals surface area contributed by atoms with E-state index in [-0.39, 0.29) is 28.7 Å². The van der Waals surface area contributed by atoms with Gasteiger partial charge in [0.15, 0.2) is 0 Å². The molecule has 0 aromatic heterocycles. The largest absolute Gasteiger partial charge is 0.368 e. The molecule has 1 fully saturated rings. The molecule has 1 heterocycles. The standard InChI is InChI=1S/C15H30N2O2/c1-8-13(2,3)17-12(18)10-16-11-9-14(4,5)19-15(11,6)7/h11,16H,8-10H2,1-7H3,(H,17,18)/t11-/m0/s1. The maximum Gasteiger partial charge on any atom is 0.234 e. The van der Waals surface area contributed by atoms with Gasteiger partial charge in [-0.1, -0.05) is 6.92 Å². The second-order valence-corrected chi connectivity index (χ2v) is 7.39. The molecular weight excluding hydrogens is 240 g/mol. The van der Waals surface area contributed by atoms with Crippen molar-refractivity contribution in [3.05, 3.63) is 0 Å². The summed E-state index contributed by atoms with van der Waals surface area (Å²) in [6, 6.07) is 0.206. The normalized spacial score (nSPS) is 25.3. The summed E-state index contributed by atoms with van der Waals surface area (Å²) in [5.41, 5.74) is -0.496. The molecule has 1 saturated heterocycles. The van der Waals surface area contributed by atoms with Crippen LogP contribution in [0.3, 0.4) is 0 Å². The third kappa shape index (κ3) is 4.77. The molecule has 1 atom stereocenters. The van der Waals surface area contributed by atoms with Crippen molar-refractivity contribution in [2.75, 3.05) is 6.54 Å². The Morgan fingerprint density at radius 1 is 1.32 bits per heavy atom. The van der Waals surface area contributed by atoms with Gasteiger partial charge >= 0.3 is 0 Å². The average Bonchev–Trinajstić information content (AvgIpc) is 2.43. The van der Waals surface area contributed by atoms with Gasteiger partial charge in [0.1, 0.15) is 0 Å². The SMILES string of the molecule is CCC(C)(C)NC(=O)CN[C@H]1CC(C)(C)OC1(C)C. The molecule has 0 aromatic carbocycles. The third-order valence-corrected chi connectivity index (χ3v) is 3.94. The van der Waals surface area contributed by atoms with E-state index in [2.05, 4.69) is 45.3 Å². The lowest BCUT2D eigenvalue weighted by Crippen LogP contribution is -2.51. The van der Waals surface area contributed by atoms with Crippen LogP contribution >= 0.6 is 0 Å². The monoisotopic (exact) mass is 270 g/mol. The Hall–Kier alpha value is -0.610. The lowest BCUT2D eigenvalue weighted by Gasteiger charge is -2.29. The number of carbonyl (C=O) groups is 1. The summed E-state index contributed by atoms with van der Waals surface area (Å²) in [5.74, 6) is 0.0485. The third-order valence-electron chi connectivity index (χ3n) is 3.94. The molecule has 0 radical (unpaired) electrons. The van der Waals surface area contributed by atoms with E-state index in [1.807, 2.05) is 13.8 Å². The zero-order valence-electron chi connectivity index (χ0n) is 13.5. The first-order valence-corrected chi connectivity index (χ1v) is 7.22. The van der Waals surface area contributed by atoms with Crippen LogP contribution in [0.15, 0.2) is 0 Å². The van der Waals surface area contributed by atoms with Gasteiger partial charge in [-0.15, -0.1) is 0 Å². The fraction of sp³-hybridized carbons (Fsp3) is 0.933. The van der Waals surface area contributed by atoms with Gasteiger partial charge < -0.3 is 15.4 Å². The van der Waals surface area contributed by atoms with Crippen molar-refractivity contribution in [1.82, 2.24) is 10.6 Å². The molecule has 0 aliphatic carbocycles. The zero-order chi connectivity index (χ0) is 14.9. The molecule has 1 aliphatic heterocycles. The van der Waals surface area contributed by atoms with E-state index in [0.29, 0.717) is 6.54 Å². The number of nitrogens with one attached hydrogen (secondary N) is 2. The molecule has 0 saturated carbocycles. The van der Waals surface area contributed by atoms with Gasteiger partial charge in [0, 0.05) is 11.6 Å². The predicted molar refractivity (Wildman–Crippen MR) is 78.2 cm³/mol. The predicted octanol–water partition coefficient (Wildman–Crippen LogP) is 2.23. The maximum absolute atomic E-state index is 11.9. The number of rotatable bonds is 5. The van der Waals surface area contributed by atoms with Crippen LogP contribution in [0.4, 0.5) is 0 Å². The molecule has 19 heavy (non-hydrogen) atoms. The van der Waals surface area contributed by atoms with Crippen molar-refractivity contribution in [3.8, 4) is 0 Å². The van der Waals surface area contributed by atoms with Crippen molar-refractivity contribution < 1.29 is 9.53 Å². The highest BCUT2D eigenvalue weighted by Crippen LogP contribution is 2.37. The van der Waals surface area contributed by atoms with Crippen LogP contribution in [0.2, 0.25) is 0 Å². The zero-order valence-corrected chi connectivity index (χ0v) is 13.5. The number of amides is 1. The minimum atomic E-state index is -0.232. The van der Waals surface area contributed by atoms with Crippen LogP contribution in [0.25, 0.3) is 0 Å². The quantitative estimate of drug-likeness (QED) is 0.805. The first-order valence-electron chi connectivity index (χ1n) is 7.22. The van der Waals surface area contributed by atoms with Crippen LogP contribution in [-0.4, -0.2) is 35.2 Å². The lowest BCUT2D eigenvalue weighted by molar-refractivity contribution is -0.122. The van der Waals surface area contributed by atoms with Crippen LogP contribution in [-0.2, 0) is 9.53 Å². The number of ether oxygens (including phenoxy) is 1. The Kier molecular flexibility index (Phi) is 4.68. The van der Waals surface area contributed by atoms with E-state index in [9.17, 15) is 4.79 Å². The van der Waals surface area contributed by atoms with Gasteiger partial charge in [-0.25, -0.2) is 0 Å². The smallest absolute Gasteiger partial charge is 0.234 e. The summed E-state index contributed by atoms with van der Waals surface area (Å²) in [6.45, 7) is 14.8. The van der Waals surface area contributed by atoms with E-state index in [4.69, 9.17) is 4.74 Å². The minimum Gasteiger partial charge on any atom is -0.368 e. The Morgan fingerprint density at radius 2 is 1.89 bits per heavy atom. The fourth-order valence-corrected chi connectivity index (χ4v) is 2.61. The molecule has 1 amide bonds. The second-order valence-electron chi connectivity index (χ2n) is 7.39. The van der Waals surface area contributed by atoms with E-state index in [0.717, 1.165) is 12.8 Å². The van der Waals surface area contributed by atoms with Crippen molar-refractivity contribution in [2.24, 2.45) is 0 Å². The van der Waals surface area contributed by atoms with Gasteiger partial charge in [0.25, 0.3) is 0 Å². The van der Waals surface area contributed by atoms with Gasteiger partial charge in [-0.2, -0.15) is 0 Å². The first-order chi connectivity index (χ1) is 8.47. The molecule has 0 spiro atoms. The lowest BCUT2D eigenvalue weighted by atomic mass is 9.94. The van der Waals surface area contributed by atoms with Crippen molar-refractivity contribution >= 4 is 5.91 Å². The Balaban J connectivity index is 2.47. The van der Waals surface area contributed by atoms with Gasteiger partial charge in [-0.05, 0) is 54.4 Å². The van der Waals surface area contributed by atoms with Crippen LogP contribution in [0, 0.1) is 0 Å². The molecule has 4 heteroatoms. The Labute approximate surface area is 117 Å². The van der Waals surface area contributed by atoms with E-state index in [1.54, 1.807) is 0 Å². The molecule has 0 aromatic rings. The highest BCUT2D eigenvalue weighted by atomic mass is 16.5. The average molecular weight is 270 g/mol. The minimum absolute atomic E-state index is 0.0485. The molecular formula is C15H30N2O2. The van der Waals surface area contributed by atoms with Crippen LogP contribution < -0.4 is 10.6 Å². The fourth-order valence-electron chi connectivity index (χ4n) is 2.61. The second kappa shape index (κ2) is 5.41.